The van der Waals surface area contributed by atoms with E-state index in [1.54, 1.807) is 0 Å². The molecule has 0 fully saturated rings. The summed E-state index contributed by atoms with van der Waals surface area (Å²) < 4.78 is 6.43. The van der Waals surface area contributed by atoms with E-state index in [4.69, 9.17) is 4.42 Å². The molecule has 0 saturated carbocycles. The Kier molecular flexibility index (Phi) is 7.53. The number of furan rings is 1. The highest BCUT2D eigenvalue weighted by molar-refractivity contribution is 6.25. The molecule has 0 saturated heterocycles. The van der Waals surface area contributed by atoms with Crippen molar-refractivity contribution in [2.24, 2.45) is 0 Å². The van der Waals surface area contributed by atoms with Crippen molar-refractivity contribution in [1.82, 2.24) is 0 Å². The Balaban J connectivity index is 1.05. The molecule has 11 aromatic rings. The minimum Gasteiger partial charge on any atom is -0.455 e. The molecule has 0 bridgehead atoms. The van der Waals surface area contributed by atoms with Crippen LogP contribution in [0.15, 0.2) is 217 Å². The fourth-order valence-electron chi connectivity index (χ4n) is 8.56. The van der Waals surface area contributed by atoms with E-state index >= 15 is 0 Å². The number of para-hydroxylation sites is 2. The van der Waals surface area contributed by atoms with Crippen molar-refractivity contribution in [2.75, 3.05) is 4.90 Å². The molecule has 56 heavy (non-hydrogen) atoms. The molecule has 1 heterocycles. The second-order valence-electron chi connectivity index (χ2n) is 14.5. The van der Waals surface area contributed by atoms with Crippen LogP contribution in [0.4, 0.5) is 17.1 Å². The molecule has 262 valence electrons. The largest absolute Gasteiger partial charge is 0.455 e. The van der Waals surface area contributed by atoms with E-state index in [2.05, 4.69) is 205 Å². The summed E-state index contributed by atoms with van der Waals surface area (Å²) in [5, 5.41) is 9.84. The van der Waals surface area contributed by atoms with Gasteiger partial charge in [0.2, 0.25) is 0 Å². The summed E-state index contributed by atoms with van der Waals surface area (Å²) in [5.74, 6) is 0. The summed E-state index contributed by atoms with van der Waals surface area (Å²) >= 11 is 0. The third-order valence-corrected chi connectivity index (χ3v) is 11.3. The molecule has 0 aliphatic rings. The lowest BCUT2D eigenvalue weighted by Crippen LogP contribution is -2.10. The van der Waals surface area contributed by atoms with Crippen molar-refractivity contribution in [3.05, 3.63) is 212 Å². The highest BCUT2D eigenvalue weighted by Gasteiger charge is 2.18. The van der Waals surface area contributed by atoms with E-state index < -0.39 is 0 Å². The molecule has 0 unspecified atom stereocenters. The third-order valence-electron chi connectivity index (χ3n) is 11.3. The van der Waals surface area contributed by atoms with Gasteiger partial charge < -0.3 is 9.32 Å². The summed E-state index contributed by atoms with van der Waals surface area (Å²) in [6.07, 6.45) is 0. The smallest absolute Gasteiger partial charge is 0.143 e. The average molecular weight is 714 g/mol. The lowest BCUT2D eigenvalue weighted by molar-refractivity contribution is 0.670. The van der Waals surface area contributed by atoms with Gasteiger partial charge in [0, 0.05) is 33.4 Å². The summed E-state index contributed by atoms with van der Waals surface area (Å²) in [6.45, 7) is 0. The number of hydrogen-bond acceptors (Lipinski definition) is 2. The standard InChI is InChI=1S/C54H35NO/c1-2-12-36(13-3-1)39-14-10-15-40(34-39)37-24-28-41(29-25-37)55(43-32-33-49-47-18-5-4-16-45(47)46-17-6-7-19-48(46)52(49)35-43)42-30-26-38(27-31-42)44-21-11-22-51-50-20-8-9-23-53(50)56-54(44)51/h1-35H. The van der Waals surface area contributed by atoms with Crippen molar-refractivity contribution >= 4 is 71.3 Å². The van der Waals surface area contributed by atoms with Crippen LogP contribution in [0.2, 0.25) is 0 Å². The predicted octanol–water partition coefficient (Wildman–Crippen LogP) is 15.5. The minimum atomic E-state index is 0.907. The van der Waals surface area contributed by atoms with Crippen LogP contribution in [-0.2, 0) is 0 Å². The molecular formula is C54H35NO. The molecule has 0 aliphatic heterocycles. The summed E-state index contributed by atoms with van der Waals surface area (Å²) in [5.41, 5.74) is 12.1. The monoisotopic (exact) mass is 713 g/mol. The molecular weight excluding hydrogens is 679 g/mol. The quantitative estimate of drug-likeness (QED) is 0.160. The Hall–Kier alpha value is -7.42. The van der Waals surface area contributed by atoms with Gasteiger partial charge in [-0.3, -0.25) is 0 Å². The first-order valence-electron chi connectivity index (χ1n) is 19.2. The zero-order valence-electron chi connectivity index (χ0n) is 30.6. The zero-order chi connectivity index (χ0) is 37.0. The fraction of sp³-hybridized carbons (Fsp3) is 0. The van der Waals surface area contributed by atoms with Gasteiger partial charge in [-0.05, 0) is 109 Å². The molecule has 2 nitrogen and oxygen atoms in total. The van der Waals surface area contributed by atoms with Gasteiger partial charge in [0.15, 0.2) is 0 Å². The lowest BCUT2D eigenvalue weighted by atomic mass is 9.94. The number of nitrogens with zero attached hydrogens (tertiary/aromatic N) is 1. The number of rotatable bonds is 6. The van der Waals surface area contributed by atoms with Crippen LogP contribution in [0.5, 0.6) is 0 Å². The molecule has 1 aromatic heterocycles. The number of fused-ring (bicyclic) bond motifs is 9. The van der Waals surface area contributed by atoms with Crippen LogP contribution >= 0.6 is 0 Å². The predicted molar refractivity (Wildman–Crippen MR) is 237 cm³/mol. The Labute approximate surface area is 325 Å². The van der Waals surface area contributed by atoms with Crippen molar-refractivity contribution in [1.29, 1.82) is 0 Å². The van der Waals surface area contributed by atoms with Crippen molar-refractivity contribution in [3.63, 3.8) is 0 Å². The number of benzene rings is 10. The van der Waals surface area contributed by atoms with Crippen molar-refractivity contribution in [3.8, 4) is 33.4 Å². The Morgan fingerprint density at radius 3 is 1.39 bits per heavy atom. The Bertz CT molecular complexity index is 3200. The number of anilines is 3. The molecule has 0 N–H and O–H groups in total. The maximum Gasteiger partial charge on any atom is 0.143 e. The molecule has 0 atom stereocenters. The lowest BCUT2D eigenvalue weighted by Gasteiger charge is -2.27. The minimum absolute atomic E-state index is 0.907. The van der Waals surface area contributed by atoms with Gasteiger partial charge in [-0.25, -0.2) is 0 Å². The second kappa shape index (κ2) is 13.2. The van der Waals surface area contributed by atoms with Crippen LogP contribution < -0.4 is 4.90 Å². The maximum absolute atomic E-state index is 6.43. The average Bonchev–Trinajstić information content (AvgIpc) is 3.67. The SMILES string of the molecule is c1ccc(-c2cccc(-c3ccc(N(c4ccc(-c5cccc6c5oc5ccccc56)cc4)c4ccc5c6ccccc6c6ccccc6c5c4)cc3)c2)cc1. The summed E-state index contributed by atoms with van der Waals surface area (Å²) in [6, 6.07) is 76.4. The maximum atomic E-state index is 6.43. The molecule has 0 amide bonds. The fourth-order valence-corrected chi connectivity index (χ4v) is 8.56. The first-order valence-corrected chi connectivity index (χ1v) is 19.2. The van der Waals surface area contributed by atoms with Crippen LogP contribution in [-0.4, -0.2) is 0 Å². The van der Waals surface area contributed by atoms with E-state index in [1.165, 1.54) is 54.6 Å². The number of hydrogen-bond donors (Lipinski definition) is 0. The van der Waals surface area contributed by atoms with Crippen LogP contribution in [0.3, 0.4) is 0 Å². The molecule has 10 aromatic carbocycles. The molecule has 0 aliphatic carbocycles. The van der Waals surface area contributed by atoms with E-state index in [-0.39, 0.29) is 0 Å². The van der Waals surface area contributed by atoms with Crippen LogP contribution in [0.25, 0.3) is 87.6 Å². The molecule has 2 heteroatoms. The van der Waals surface area contributed by atoms with Crippen molar-refractivity contribution < 1.29 is 4.42 Å². The molecule has 0 spiro atoms. The second-order valence-corrected chi connectivity index (χ2v) is 14.5. The van der Waals surface area contributed by atoms with Gasteiger partial charge in [-0.1, -0.05) is 164 Å². The van der Waals surface area contributed by atoms with Crippen LogP contribution in [0.1, 0.15) is 0 Å². The Morgan fingerprint density at radius 1 is 0.268 bits per heavy atom. The van der Waals surface area contributed by atoms with Gasteiger partial charge in [0.25, 0.3) is 0 Å². The highest BCUT2D eigenvalue weighted by Crippen LogP contribution is 2.43. The first kappa shape index (κ1) is 32.0. The third kappa shape index (κ3) is 5.34. The first-order chi connectivity index (χ1) is 27.8. The van der Waals surface area contributed by atoms with E-state index in [1.807, 2.05) is 12.1 Å². The molecule has 11 rings (SSSR count). The van der Waals surface area contributed by atoms with Crippen molar-refractivity contribution in [2.45, 2.75) is 0 Å². The summed E-state index contributed by atoms with van der Waals surface area (Å²) in [4.78, 5) is 2.37. The van der Waals surface area contributed by atoms with E-state index in [0.717, 1.165) is 50.1 Å². The van der Waals surface area contributed by atoms with Gasteiger partial charge in [0.1, 0.15) is 11.2 Å². The van der Waals surface area contributed by atoms with Gasteiger partial charge >= 0.3 is 0 Å². The molecule has 0 radical (unpaired) electrons. The zero-order valence-corrected chi connectivity index (χ0v) is 30.6. The topological polar surface area (TPSA) is 16.4 Å². The normalized spacial score (nSPS) is 11.6. The van der Waals surface area contributed by atoms with E-state index in [9.17, 15) is 0 Å². The van der Waals surface area contributed by atoms with Crippen LogP contribution in [0, 0.1) is 0 Å². The van der Waals surface area contributed by atoms with E-state index in [0.29, 0.717) is 0 Å². The van der Waals surface area contributed by atoms with Gasteiger partial charge in [-0.2, -0.15) is 0 Å². The highest BCUT2D eigenvalue weighted by atomic mass is 16.3. The Morgan fingerprint density at radius 2 is 0.732 bits per heavy atom. The van der Waals surface area contributed by atoms with Gasteiger partial charge in [0.05, 0.1) is 0 Å². The van der Waals surface area contributed by atoms with Gasteiger partial charge in [-0.15, -0.1) is 0 Å². The summed E-state index contributed by atoms with van der Waals surface area (Å²) in [7, 11) is 0.